The van der Waals surface area contributed by atoms with E-state index in [1.165, 1.54) is 18.2 Å². The molecule has 1 aromatic rings. The number of benzene rings is 1. The van der Waals surface area contributed by atoms with Crippen LogP contribution in [-0.4, -0.2) is 19.0 Å². The first-order valence-corrected chi connectivity index (χ1v) is 5.05. The number of carbonyl (C=O) groups excluding carboxylic acids is 1. The average molecular weight is 265 g/mol. The third-order valence-electron chi connectivity index (χ3n) is 2.13. The maximum absolute atomic E-state index is 13.2. The van der Waals surface area contributed by atoms with E-state index in [-0.39, 0.29) is 49.8 Å². The Hall–Kier alpha value is -1.20. The van der Waals surface area contributed by atoms with Gasteiger partial charge in [0.2, 0.25) is 5.91 Å². The molecule has 1 amide bonds. The van der Waals surface area contributed by atoms with Crippen LogP contribution in [0.5, 0.6) is 0 Å². The van der Waals surface area contributed by atoms with Crippen molar-refractivity contribution in [1.82, 2.24) is 5.32 Å². The van der Waals surface area contributed by atoms with Crippen LogP contribution in [0.2, 0.25) is 0 Å². The van der Waals surface area contributed by atoms with Gasteiger partial charge in [0.15, 0.2) is 0 Å². The van der Waals surface area contributed by atoms with Crippen LogP contribution in [0.25, 0.3) is 0 Å². The van der Waals surface area contributed by atoms with E-state index in [1.54, 1.807) is 0 Å². The molecule has 0 aromatic heterocycles. The van der Waals surface area contributed by atoms with Gasteiger partial charge in [-0.3, -0.25) is 4.79 Å². The van der Waals surface area contributed by atoms with Crippen molar-refractivity contribution in [2.24, 2.45) is 5.73 Å². The van der Waals surface area contributed by atoms with Gasteiger partial charge in [0, 0.05) is 25.1 Å². The molecule has 6 heteroatoms. The summed E-state index contributed by atoms with van der Waals surface area (Å²) in [5.74, 6) is -1.39. The SMILES string of the molecule is Cl.NCCC(=O)NCCc1c(F)cccc1F. The standard InChI is InChI=1S/C11H14F2N2O.ClH/c12-9-2-1-3-10(13)8(9)5-7-15-11(16)4-6-14;/h1-3H,4-7,14H2,(H,15,16);1H. The minimum absolute atomic E-state index is 0. The molecule has 0 saturated heterocycles. The molecule has 0 aliphatic carbocycles. The van der Waals surface area contributed by atoms with Gasteiger partial charge >= 0.3 is 0 Å². The van der Waals surface area contributed by atoms with Crippen molar-refractivity contribution in [3.63, 3.8) is 0 Å². The summed E-state index contributed by atoms with van der Waals surface area (Å²) in [4.78, 5) is 11.0. The van der Waals surface area contributed by atoms with Crippen LogP contribution in [0.1, 0.15) is 12.0 Å². The fourth-order valence-corrected chi connectivity index (χ4v) is 1.32. The summed E-state index contributed by atoms with van der Waals surface area (Å²) in [6.45, 7) is 0.469. The first kappa shape index (κ1) is 15.8. The van der Waals surface area contributed by atoms with Crippen molar-refractivity contribution in [2.75, 3.05) is 13.1 Å². The molecule has 0 aliphatic rings. The average Bonchev–Trinajstić information content (AvgIpc) is 2.23. The highest BCUT2D eigenvalue weighted by Gasteiger charge is 2.08. The van der Waals surface area contributed by atoms with Gasteiger partial charge in [0.05, 0.1) is 0 Å². The fraction of sp³-hybridized carbons (Fsp3) is 0.364. The Morgan fingerprint density at radius 3 is 2.41 bits per heavy atom. The predicted octanol–water partition coefficient (Wildman–Crippen LogP) is 1.39. The summed E-state index contributed by atoms with van der Waals surface area (Å²) in [5.41, 5.74) is 5.18. The highest BCUT2D eigenvalue weighted by atomic mass is 35.5. The quantitative estimate of drug-likeness (QED) is 0.845. The first-order valence-electron chi connectivity index (χ1n) is 5.05. The monoisotopic (exact) mass is 264 g/mol. The fourth-order valence-electron chi connectivity index (χ4n) is 1.32. The number of halogens is 3. The van der Waals surface area contributed by atoms with E-state index in [0.29, 0.717) is 0 Å². The second kappa shape index (κ2) is 7.97. The summed E-state index contributed by atoms with van der Waals surface area (Å²) >= 11 is 0. The van der Waals surface area contributed by atoms with Gasteiger partial charge in [0.1, 0.15) is 11.6 Å². The normalized spacial score (nSPS) is 9.59. The molecular weight excluding hydrogens is 250 g/mol. The van der Waals surface area contributed by atoms with Gasteiger partial charge in [-0.1, -0.05) is 6.07 Å². The molecule has 3 N–H and O–H groups in total. The topological polar surface area (TPSA) is 55.1 Å². The van der Waals surface area contributed by atoms with Crippen molar-refractivity contribution in [3.05, 3.63) is 35.4 Å². The second-order valence-corrected chi connectivity index (χ2v) is 3.34. The number of hydrogen-bond acceptors (Lipinski definition) is 2. The highest BCUT2D eigenvalue weighted by Crippen LogP contribution is 2.11. The van der Waals surface area contributed by atoms with Crippen LogP contribution >= 0.6 is 12.4 Å². The van der Waals surface area contributed by atoms with Crippen molar-refractivity contribution in [1.29, 1.82) is 0 Å². The number of carbonyl (C=O) groups is 1. The van der Waals surface area contributed by atoms with Crippen LogP contribution in [0.15, 0.2) is 18.2 Å². The zero-order valence-corrected chi connectivity index (χ0v) is 10.0. The van der Waals surface area contributed by atoms with Gasteiger partial charge in [0.25, 0.3) is 0 Å². The van der Waals surface area contributed by atoms with Crippen molar-refractivity contribution < 1.29 is 13.6 Å². The summed E-state index contributed by atoms with van der Waals surface area (Å²) in [5, 5.41) is 2.53. The zero-order chi connectivity index (χ0) is 12.0. The Morgan fingerprint density at radius 2 is 1.88 bits per heavy atom. The lowest BCUT2D eigenvalue weighted by Crippen LogP contribution is -2.27. The third-order valence-corrected chi connectivity index (χ3v) is 2.13. The first-order chi connectivity index (χ1) is 7.65. The van der Waals surface area contributed by atoms with Gasteiger partial charge < -0.3 is 11.1 Å². The summed E-state index contributed by atoms with van der Waals surface area (Å²) in [6.07, 6.45) is 0.356. The molecule has 3 nitrogen and oxygen atoms in total. The molecule has 0 fully saturated rings. The largest absolute Gasteiger partial charge is 0.356 e. The smallest absolute Gasteiger partial charge is 0.221 e. The summed E-state index contributed by atoms with van der Waals surface area (Å²) in [6, 6.07) is 3.70. The molecule has 0 radical (unpaired) electrons. The maximum atomic E-state index is 13.2. The van der Waals surface area contributed by atoms with Crippen molar-refractivity contribution in [3.8, 4) is 0 Å². The van der Waals surface area contributed by atoms with Crippen LogP contribution in [0.4, 0.5) is 8.78 Å². The Morgan fingerprint density at radius 1 is 1.29 bits per heavy atom. The molecule has 0 spiro atoms. The van der Waals surface area contributed by atoms with E-state index in [0.717, 1.165) is 0 Å². The lowest BCUT2D eigenvalue weighted by atomic mass is 10.1. The number of hydrogen-bond donors (Lipinski definition) is 2. The van der Waals surface area contributed by atoms with Gasteiger partial charge in [-0.15, -0.1) is 12.4 Å². The number of rotatable bonds is 5. The van der Waals surface area contributed by atoms with Gasteiger partial charge in [-0.05, 0) is 18.6 Å². The van der Waals surface area contributed by atoms with E-state index >= 15 is 0 Å². The Balaban J connectivity index is 0.00000256. The molecule has 0 bridgehead atoms. The molecule has 0 heterocycles. The van der Waals surface area contributed by atoms with E-state index in [1.807, 2.05) is 0 Å². The Kier molecular flexibility index (Phi) is 7.41. The molecule has 17 heavy (non-hydrogen) atoms. The summed E-state index contributed by atoms with van der Waals surface area (Å²) < 4.78 is 26.3. The molecule has 0 saturated carbocycles. The summed E-state index contributed by atoms with van der Waals surface area (Å²) in [7, 11) is 0. The van der Waals surface area contributed by atoms with Gasteiger partial charge in [-0.2, -0.15) is 0 Å². The Labute approximate surface area is 105 Å². The molecule has 0 unspecified atom stereocenters. The number of nitrogens with two attached hydrogens (primary N) is 1. The molecule has 96 valence electrons. The molecular formula is C11H15ClF2N2O. The van der Waals surface area contributed by atoms with E-state index in [4.69, 9.17) is 5.73 Å². The number of nitrogens with one attached hydrogen (secondary N) is 1. The zero-order valence-electron chi connectivity index (χ0n) is 9.21. The maximum Gasteiger partial charge on any atom is 0.221 e. The lowest BCUT2D eigenvalue weighted by Gasteiger charge is -2.06. The van der Waals surface area contributed by atoms with Crippen molar-refractivity contribution in [2.45, 2.75) is 12.8 Å². The highest BCUT2D eigenvalue weighted by molar-refractivity contribution is 5.85. The Bertz CT molecular complexity index is 354. The lowest BCUT2D eigenvalue weighted by molar-refractivity contribution is -0.120. The molecule has 1 aromatic carbocycles. The van der Waals surface area contributed by atoms with E-state index in [9.17, 15) is 13.6 Å². The number of amides is 1. The van der Waals surface area contributed by atoms with Crippen molar-refractivity contribution >= 4 is 18.3 Å². The van der Waals surface area contributed by atoms with Crippen LogP contribution in [0.3, 0.4) is 0 Å². The third kappa shape index (κ3) is 5.10. The second-order valence-electron chi connectivity index (χ2n) is 3.34. The molecule has 1 rings (SSSR count). The minimum atomic E-state index is -0.590. The van der Waals surface area contributed by atoms with Crippen LogP contribution in [0, 0.1) is 11.6 Å². The van der Waals surface area contributed by atoms with Crippen LogP contribution < -0.4 is 11.1 Å². The van der Waals surface area contributed by atoms with E-state index < -0.39 is 11.6 Å². The predicted molar refractivity (Wildman–Crippen MR) is 64.0 cm³/mol. The van der Waals surface area contributed by atoms with E-state index in [2.05, 4.69) is 5.32 Å². The van der Waals surface area contributed by atoms with Gasteiger partial charge in [-0.25, -0.2) is 8.78 Å². The molecule has 0 aliphatic heterocycles. The minimum Gasteiger partial charge on any atom is -0.356 e. The van der Waals surface area contributed by atoms with Crippen LogP contribution in [-0.2, 0) is 11.2 Å². The molecule has 0 atom stereocenters.